The Labute approximate surface area is 121 Å². The van der Waals surface area contributed by atoms with Gasteiger partial charge in [-0.15, -0.1) is 0 Å². The third-order valence-electron chi connectivity index (χ3n) is 4.27. The van der Waals surface area contributed by atoms with Crippen molar-refractivity contribution in [2.24, 2.45) is 5.92 Å². The van der Waals surface area contributed by atoms with Crippen molar-refractivity contribution in [3.63, 3.8) is 0 Å². The smallest absolute Gasteiger partial charge is 0.167 e. The van der Waals surface area contributed by atoms with Gasteiger partial charge in [0.2, 0.25) is 0 Å². The molecule has 1 aliphatic carbocycles. The van der Waals surface area contributed by atoms with Crippen molar-refractivity contribution in [1.29, 1.82) is 0 Å². The van der Waals surface area contributed by atoms with Gasteiger partial charge < -0.3 is 10.1 Å². The molecule has 2 unspecified atom stereocenters. The molecule has 2 atom stereocenters. The first kappa shape index (κ1) is 15.1. The summed E-state index contributed by atoms with van der Waals surface area (Å²) in [5, 5.41) is 3.48. The van der Waals surface area contributed by atoms with Crippen LogP contribution in [-0.4, -0.2) is 12.6 Å². The van der Waals surface area contributed by atoms with Gasteiger partial charge in [0.05, 0.1) is 6.61 Å². The lowest BCUT2D eigenvalue weighted by Gasteiger charge is -2.18. The van der Waals surface area contributed by atoms with Gasteiger partial charge in [0, 0.05) is 17.8 Å². The molecule has 0 saturated heterocycles. The summed E-state index contributed by atoms with van der Waals surface area (Å²) in [6.07, 6.45) is 7.55. The molecule has 1 aromatic rings. The topological polar surface area (TPSA) is 21.3 Å². The van der Waals surface area contributed by atoms with Crippen molar-refractivity contribution in [1.82, 2.24) is 0 Å². The highest BCUT2D eigenvalue weighted by Crippen LogP contribution is 2.28. The van der Waals surface area contributed by atoms with E-state index in [4.69, 9.17) is 4.74 Å². The number of benzene rings is 1. The fourth-order valence-electron chi connectivity index (χ4n) is 3.03. The third kappa shape index (κ3) is 4.12. The van der Waals surface area contributed by atoms with Gasteiger partial charge in [-0.2, -0.15) is 0 Å². The summed E-state index contributed by atoms with van der Waals surface area (Å²) in [6.45, 7) is 4.63. The van der Waals surface area contributed by atoms with E-state index in [0.29, 0.717) is 18.4 Å². The summed E-state index contributed by atoms with van der Waals surface area (Å²) in [4.78, 5) is 0. The molecule has 112 valence electrons. The van der Waals surface area contributed by atoms with E-state index in [2.05, 4.69) is 12.2 Å². The Bertz CT molecular complexity index is 421. The summed E-state index contributed by atoms with van der Waals surface area (Å²) < 4.78 is 19.1. The van der Waals surface area contributed by atoms with Crippen molar-refractivity contribution in [3.05, 3.63) is 24.0 Å². The van der Waals surface area contributed by atoms with Crippen LogP contribution < -0.4 is 10.1 Å². The maximum Gasteiger partial charge on any atom is 0.167 e. The molecule has 2 nitrogen and oxygen atoms in total. The van der Waals surface area contributed by atoms with Gasteiger partial charge in [-0.25, -0.2) is 4.39 Å². The van der Waals surface area contributed by atoms with E-state index in [0.717, 1.165) is 11.6 Å². The lowest BCUT2D eigenvalue weighted by Crippen LogP contribution is -2.18. The summed E-state index contributed by atoms with van der Waals surface area (Å²) in [5.74, 6) is 0.931. The quantitative estimate of drug-likeness (QED) is 0.766. The molecule has 2 rings (SSSR count). The molecule has 0 spiro atoms. The van der Waals surface area contributed by atoms with E-state index in [1.165, 1.54) is 38.5 Å². The molecule has 1 aliphatic rings. The van der Waals surface area contributed by atoms with E-state index < -0.39 is 0 Å². The second-order valence-electron chi connectivity index (χ2n) is 5.70. The molecule has 3 heteroatoms. The molecule has 0 radical (unpaired) electrons. The molecular weight excluding hydrogens is 253 g/mol. The second kappa shape index (κ2) is 7.51. The number of anilines is 1. The summed E-state index contributed by atoms with van der Waals surface area (Å²) >= 11 is 0. The van der Waals surface area contributed by atoms with Crippen molar-refractivity contribution in [3.8, 4) is 5.75 Å². The molecule has 0 aromatic heterocycles. The van der Waals surface area contributed by atoms with Crippen molar-refractivity contribution >= 4 is 5.69 Å². The number of nitrogens with one attached hydrogen (secondary N) is 1. The van der Waals surface area contributed by atoms with E-state index in [9.17, 15) is 4.39 Å². The zero-order chi connectivity index (χ0) is 14.4. The monoisotopic (exact) mass is 279 g/mol. The molecule has 1 saturated carbocycles. The number of halogens is 1. The van der Waals surface area contributed by atoms with Crippen LogP contribution in [-0.2, 0) is 0 Å². The SMILES string of the molecule is CCOc1ccc(NC2CCCC(CC)CC2)cc1F. The highest BCUT2D eigenvalue weighted by atomic mass is 19.1. The average molecular weight is 279 g/mol. The Balaban J connectivity index is 1.94. The fourth-order valence-corrected chi connectivity index (χ4v) is 3.03. The van der Waals surface area contributed by atoms with Crippen LogP contribution in [0.3, 0.4) is 0 Å². The second-order valence-corrected chi connectivity index (χ2v) is 5.70. The first-order chi connectivity index (χ1) is 9.72. The van der Waals surface area contributed by atoms with Crippen molar-refractivity contribution in [2.45, 2.75) is 58.4 Å². The van der Waals surface area contributed by atoms with Gasteiger partial charge in [-0.05, 0) is 44.2 Å². The molecular formula is C17H26FNO. The molecule has 1 aromatic carbocycles. The van der Waals surface area contributed by atoms with Crippen LogP contribution in [0.5, 0.6) is 5.75 Å². The first-order valence-electron chi connectivity index (χ1n) is 7.91. The zero-order valence-electron chi connectivity index (χ0n) is 12.6. The Kier molecular flexibility index (Phi) is 5.69. The van der Waals surface area contributed by atoms with Gasteiger partial charge in [0.1, 0.15) is 0 Å². The average Bonchev–Trinajstić information content (AvgIpc) is 2.67. The van der Waals surface area contributed by atoms with E-state index >= 15 is 0 Å². The largest absolute Gasteiger partial charge is 0.491 e. The molecule has 0 bridgehead atoms. The van der Waals surface area contributed by atoms with Crippen LogP contribution in [0.4, 0.5) is 10.1 Å². The maximum absolute atomic E-state index is 13.8. The fraction of sp³-hybridized carbons (Fsp3) is 0.647. The summed E-state index contributed by atoms with van der Waals surface area (Å²) in [5.41, 5.74) is 0.867. The Morgan fingerprint density at radius 2 is 2.05 bits per heavy atom. The molecule has 1 N–H and O–H groups in total. The maximum atomic E-state index is 13.8. The summed E-state index contributed by atoms with van der Waals surface area (Å²) in [6, 6.07) is 5.65. The molecule has 1 fully saturated rings. The number of ether oxygens (including phenoxy) is 1. The van der Waals surface area contributed by atoms with Gasteiger partial charge in [-0.3, -0.25) is 0 Å². The lowest BCUT2D eigenvalue weighted by atomic mass is 9.98. The highest BCUT2D eigenvalue weighted by molar-refractivity contribution is 5.48. The zero-order valence-corrected chi connectivity index (χ0v) is 12.6. The van der Waals surface area contributed by atoms with Crippen LogP contribution in [0.25, 0.3) is 0 Å². The molecule has 0 heterocycles. The van der Waals surface area contributed by atoms with E-state index in [1.807, 2.05) is 13.0 Å². The van der Waals surface area contributed by atoms with E-state index in [-0.39, 0.29) is 5.82 Å². The lowest BCUT2D eigenvalue weighted by molar-refractivity contribution is 0.321. The molecule has 0 amide bonds. The van der Waals surface area contributed by atoms with Crippen molar-refractivity contribution in [2.75, 3.05) is 11.9 Å². The minimum atomic E-state index is -0.281. The van der Waals surface area contributed by atoms with Gasteiger partial charge in [-0.1, -0.05) is 26.2 Å². The minimum Gasteiger partial charge on any atom is -0.491 e. The standard InChI is InChI=1S/C17H26FNO/c1-3-13-6-5-7-14(9-8-13)19-15-10-11-17(20-4-2)16(18)12-15/h10-14,19H,3-9H2,1-2H3. The predicted octanol–water partition coefficient (Wildman–Crippen LogP) is 5.00. The molecule has 20 heavy (non-hydrogen) atoms. The predicted molar refractivity (Wildman–Crippen MR) is 81.8 cm³/mol. The Hall–Kier alpha value is -1.25. The van der Waals surface area contributed by atoms with Crippen LogP contribution in [0, 0.1) is 11.7 Å². The van der Waals surface area contributed by atoms with Crippen molar-refractivity contribution < 1.29 is 9.13 Å². The van der Waals surface area contributed by atoms with Crippen LogP contribution in [0.15, 0.2) is 18.2 Å². The van der Waals surface area contributed by atoms with Crippen LogP contribution >= 0.6 is 0 Å². The number of hydrogen-bond donors (Lipinski definition) is 1. The minimum absolute atomic E-state index is 0.281. The number of hydrogen-bond acceptors (Lipinski definition) is 2. The van der Waals surface area contributed by atoms with E-state index in [1.54, 1.807) is 12.1 Å². The van der Waals surface area contributed by atoms with Crippen LogP contribution in [0.2, 0.25) is 0 Å². The summed E-state index contributed by atoms with van der Waals surface area (Å²) in [7, 11) is 0. The highest BCUT2D eigenvalue weighted by Gasteiger charge is 2.18. The first-order valence-corrected chi connectivity index (χ1v) is 7.91. The normalized spacial score (nSPS) is 23.1. The van der Waals surface area contributed by atoms with Gasteiger partial charge >= 0.3 is 0 Å². The third-order valence-corrected chi connectivity index (χ3v) is 4.27. The Morgan fingerprint density at radius 3 is 2.75 bits per heavy atom. The van der Waals surface area contributed by atoms with Crippen LogP contribution in [0.1, 0.15) is 52.4 Å². The molecule has 0 aliphatic heterocycles. The van der Waals surface area contributed by atoms with Gasteiger partial charge in [0.15, 0.2) is 11.6 Å². The Morgan fingerprint density at radius 1 is 1.20 bits per heavy atom. The van der Waals surface area contributed by atoms with Gasteiger partial charge in [0.25, 0.3) is 0 Å². The number of rotatable bonds is 5.